The van der Waals surface area contributed by atoms with Crippen LogP contribution in [0.3, 0.4) is 0 Å². The topological polar surface area (TPSA) is 84.8 Å². The van der Waals surface area contributed by atoms with E-state index in [0.29, 0.717) is 10.6 Å². The molecule has 5 rings (SSSR count). The number of hydrogen-bond acceptors (Lipinski definition) is 5. The Morgan fingerprint density at radius 3 is 2.35 bits per heavy atom. The number of fused-ring (bicyclic) bond motifs is 1. The Bertz CT molecular complexity index is 1400. The van der Waals surface area contributed by atoms with Crippen molar-refractivity contribution in [1.82, 2.24) is 14.1 Å². The number of thiophene rings is 1. The molecule has 2 fully saturated rings. The summed E-state index contributed by atoms with van der Waals surface area (Å²) in [6.07, 6.45) is 1.01. The quantitative estimate of drug-likeness (QED) is 0.418. The number of rotatable bonds is 4. The Kier molecular flexibility index (Phi) is 6.09. The second-order valence-corrected chi connectivity index (χ2v) is 12.0. The van der Waals surface area contributed by atoms with Gasteiger partial charge >= 0.3 is 0 Å². The molecule has 2 saturated heterocycles. The Morgan fingerprint density at radius 2 is 1.71 bits per heavy atom. The lowest BCUT2D eigenvalue weighted by Crippen LogP contribution is -2.50. The lowest BCUT2D eigenvalue weighted by atomic mass is 10.1. The molecule has 2 aliphatic heterocycles. The maximum absolute atomic E-state index is 14.7. The van der Waals surface area contributed by atoms with Crippen molar-refractivity contribution in [2.75, 3.05) is 39.3 Å². The van der Waals surface area contributed by atoms with Crippen molar-refractivity contribution in [2.45, 2.75) is 10.6 Å². The molecule has 2 aromatic carbocycles. The number of nitrogens with zero attached hydrogens (tertiary/aromatic N) is 3. The third kappa shape index (κ3) is 4.19. The number of benzene rings is 2. The van der Waals surface area contributed by atoms with Gasteiger partial charge in [-0.1, -0.05) is 23.7 Å². The number of amidine groups is 1. The third-order valence-electron chi connectivity index (χ3n) is 6.22. The van der Waals surface area contributed by atoms with Gasteiger partial charge in [-0.2, -0.15) is 4.31 Å². The molecule has 0 bridgehead atoms. The highest BCUT2D eigenvalue weighted by molar-refractivity contribution is 7.91. The number of halogens is 2. The van der Waals surface area contributed by atoms with Crippen molar-refractivity contribution in [1.29, 1.82) is 5.41 Å². The van der Waals surface area contributed by atoms with E-state index in [1.165, 1.54) is 21.3 Å². The predicted molar refractivity (Wildman–Crippen MR) is 131 cm³/mol. The van der Waals surface area contributed by atoms with E-state index >= 15 is 0 Å². The lowest BCUT2D eigenvalue weighted by molar-refractivity contribution is 0.0693. The summed E-state index contributed by atoms with van der Waals surface area (Å²) in [6, 6.07) is 11.1. The number of carbonyl (C=O) groups excluding carboxylic acids is 1. The molecule has 1 amide bonds. The van der Waals surface area contributed by atoms with Crippen LogP contribution in [0.1, 0.15) is 22.3 Å². The number of nitrogens with one attached hydrogen (secondary N) is 1. The smallest absolute Gasteiger partial charge is 0.256 e. The zero-order valence-electron chi connectivity index (χ0n) is 18.1. The van der Waals surface area contributed by atoms with E-state index in [-0.39, 0.29) is 41.8 Å². The van der Waals surface area contributed by atoms with Crippen LogP contribution in [0.4, 0.5) is 4.39 Å². The fourth-order valence-electron chi connectivity index (χ4n) is 4.10. The van der Waals surface area contributed by atoms with Crippen LogP contribution < -0.4 is 0 Å². The van der Waals surface area contributed by atoms with Gasteiger partial charge in [-0.25, -0.2) is 12.8 Å². The van der Waals surface area contributed by atoms with Gasteiger partial charge in [0.15, 0.2) is 0 Å². The Hall–Kier alpha value is -2.53. The first-order chi connectivity index (χ1) is 16.2. The summed E-state index contributed by atoms with van der Waals surface area (Å²) in [6.45, 7) is 2.15. The molecular formula is C23H22ClFN4O3S2. The monoisotopic (exact) mass is 520 g/mol. The highest BCUT2D eigenvalue weighted by Gasteiger charge is 2.32. The lowest BCUT2D eigenvalue weighted by Gasteiger charge is -2.34. The van der Waals surface area contributed by atoms with Crippen molar-refractivity contribution in [3.05, 3.63) is 64.4 Å². The molecule has 11 heteroatoms. The first-order valence-corrected chi connectivity index (χ1v) is 13.5. The standard InChI is InChI=1S/C23H22ClFN4O3S2/c24-17-4-2-15-13-21(33-20(15)14-17)34(31,32)29-10-8-28(9-11-29)23(30)18-5-3-16(12-19(18)25)22(26)27-6-1-7-27/h2-5,12-14,26H,1,6-11H2. The molecule has 3 heterocycles. The molecule has 34 heavy (non-hydrogen) atoms. The highest BCUT2D eigenvalue weighted by atomic mass is 35.5. The van der Waals surface area contributed by atoms with Gasteiger partial charge in [0.05, 0.1) is 5.56 Å². The number of sulfonamides is 1. The number of likely N-dealkylation sites (tertiary alicyclic amines) is 1. The van der Waals surface area contributed by atoms with Crippen LogP contribution in [0, 0.1) is 11.2 Å². The minimum atomic E-state index is -3.71. The number of hydrogen-bond donors (Lipinski definition) is 1. The summed E-state index contributed by atoms with van der Waals surface area (Å²) < 4.78 is 43.4. The van der Waals surface area contributed by atoms with E-state index in [1.807, 2.05) is 4.90 Å². The van der Waals surface area contributed by atoms with Crippen LogP contribution >= 0.6 is 22.9 Å². The molecule has 2 aliphatic rings. The van der Waals surface area contributed by atoms with Gasteiger partial charge in [0.2, 0.25) is 0 Å². The van der Waals surface area contributed by atoms with E-state index < -0.39 is 21.7 Å². The minimum absolute atomic E-state index is 0.0714. The van der Waals surface area contributed by atoms with Crippen LogP contribution in [-0.2, 0) is 10.0 Å². The SMILES string of the molecule is N=C(c1ccc(C(=O)N2CCN(S(=O)(=O)c3cc4ccc(Cl)cc4s3)CC2)c(F)c1)N1CCC1. The second kappa shape index (κ2) is 8.92. The van der Waals surface area contributed by atoms with E-state index in [4.69, 9.17) is 17.0 Å². The number of carbonyl (C=O) groups is 1. The van der Waals surface area contributed by atoms with E-state index in [9.17, 15) is 17.6 Å². The van der Waals surface area contributed by atoms with Crippen LogP contribution in [0.25, 0.3) is 10.1 Å². The molecule has 0 spiro atoms. The van der Waals surface area contributed by atoms with Gasteiger partial charge in [0, 0.05) is 54.6 Å². The third-order valence-corrected chi connectivity index (χ3v) is 9.91. The summed E-state index contributed by atoms with van der Waals surface area (Å²) >= 11 is 7.18. The summed E-state index contributed by atoms with van der Waals surface area (Å²) in [5.74, 6) is -0.897. The Balaban J connectivity index is 1.27. The average Bonchev–Trinajstić information content (AvgIpc) is 3.21. The summed E-state index contributed by atoms with van der Waals surface area (Å²) in [7, 11) is -3.71. The molecule has 3 aromatic rings. The zero-order valence-corrected chi connectivity index (χ0v) is 20.5. The van der Waals surface area contributed by atoms with Crippen molar-refractivity contribution >= 4 is 54.8 Å². The van der Waals surface area contributed by atoms with Gasteiger partial charge in [-0.3, -0.25) is 10.2 Å². The largest absolute Gasteiger partial charge is 0.356 e. The van der Waals surface area contributed by atoms with E-state index in [0.717, 1.165) is 40.9 Å². The molecule has 1 N–H and O–H groups in total. The van der Waals surface area contributed by atoms with Crippen molar-refractivity contribution in [2.24, 2.45) is 0 Å². The fourth-order valence-corrected chi connectivity index (χ4v) is 7.35. The van der Waals surface area contributed by atoms with E-state index in [2.05, 4.69) is 0 Å². The maximum Gasteiger partial charge on any atom is 0.256 e. The van der Waals surface area contributed by atoms with Crippen LogP contribution in [0.5, 0.6) is 0 Å². The highest BCUT2D eigenvalue weighted by Crippen LogP contribution is 2.33. The Labute approximate surface area is 205 Å². The summed E-state index contributed by atoms with van der Waals surface area (Å²) in [5.41, 5.74) is 0.368. The van der Waals surface area contributed by atoms with Gasteiger partial charge in [0.25, 0.3) is 15.9 Å². The maximum atomic E-state index is 14.7. The van der Waals surface area contributed by atoms with Gasteiger partial charge in [-0.15, -0.1) is 11.3 Å². The first-order valence-electron chi connectivity index (χ1n) is 10.9. The molecule has 1 aromatic heterocycles. The number of amides is 1. The zero-order chi connectivity index (χ0) is 24.0. The molecule has 0 saturated carbocycles. The van der Waals surface area contributed by atoms with E-state index in [1.54, 1.807) is 30.3 Å². The van der Waals surface area contributed by atoms with Crippen molar-refractivity contribution in [3.63, 3.8) is 0 Å². The van der Waals surface area contributed by atoms with Crippen LogP contribution in [-0.4, -0.2) is 73.5 Å². The van der Waals surface area contributed by atoms with Gasteiger partial charge in [-0.05, 0) is 42.1 Å². The van der Waals surface area contributed by atoms with Gasteiger partial charge in [0.1, 0.15) is 15.9 Å². The van der Waals surface area contributed by atoms with Crippen molar-refractivity contribution in [3.8, 4) is 0 Å². The molecule has 0 radical (unpaired) electrons. The molecule has 178 valence electrons. The summed E-state index contributed by atoms with van der Waals surface area (Å²) in [5, 5.41) is 9.50. The minimum Gasteiger partial charge on any atom is -0.356 e. The predicted octanol–water partition coefficient (Wildman–Crippen LogP) is 3.87. The molecule has 7 nitrogen and oxygen atoms in total. The normalized spacial score (nSPS) is 17.1. The second-order valence-electron chi connectivity index (χ2n) is 8.33. The van der Waals surface area contributed by atoms with Crippen molar-refractivity contribution < 1.29 is 17.6 Å². The molecule has 0 atom stereocenters. The number of piperazine rings is 1. The first kappa shape index (κ1) is 23.2. The molecule has 0 unspecified atom stereocenters. The average molecular weight is 521 g/mol. The van der Waals surface area contributed by atoms with Gasteiger partial charge < -0.3 is 9.80 Å². The summed E-state index contributed by atoms with van der Waals surface area (Å²) in [4.78, 5) is 16.2. The molecular weight excluding hydrogens is 499 g/mol. The Morgan fingerprint density at radius 1 is 0.971 bits per heavy atom. The van der Waals surface area contributed by atoms with Crippen LogP contribution in [0.2, 0.25) is 5.02 Å². The fraction of sp³-hybridized carbons (Fsp3) is 0.304. The van der Waals surface area contributed by atoms with Crippen LogP contribution in [0.15, 0.2) is 46.7 Å². The molecule has 0 aliphatic carbocycles.